The number of amides is 2. The molecule has 0 atom stereocenters. The summed E-state index contributed by atoms with van der Waals surface area (Å²) in [6.07, 6.45) is 1.66. The molecule has 152 valence electrons. The maximum absolute atomic E-state index is 13.2. The van der Waals surface area contributed by atoms with E-state index in [2.05, 4.69) is 18.8 Å². The predicted molar refractivity (Wildman–Crippen MR) is 116 cm³/mol. The van der Waals surface area contributed by atoms with Crippen LogP contribution >= 0.6 is 11.8 Å². The number of aromatic nitrogens is 1. The largest absolute Gasteiger partial charge is 0.493 e. The fourth-order valence-electron chi connectivity index (χ4n) is 2.93. The molecule has 3 rings (SSSR count). The molecule has 6 heteroatoms. The van der Waals surface area contributed by atoms with Gasteiger partial charge in [0.2, 0.25) is 0 Å². The molecule has 0 fully saturated rings. The van der Waals surface area contributed by atoms with E-state index in [9.17, 15) is 9.59 Å². The van der Waals surface area contributed by atoms with Crippen LogP contribution in [0.4, 0.5) is 0 Å². The first-order chi connectivity index (χ1) is 13.9. The lowest BCUT2D eigenvalue weighted by molar-refractivity contribution is -0.137. The molecule has 1 aromatic heterocycles. The SMILES string of the molecule is CC(C)COc1ccc(C2=C(SC(C)C)C(=O)N(Cc3ccccn3)C2=O)cc1. The number of hydrogen-bond acceptors (Lipinski definition) is 5. The third-order valence-electron chi connectivity index (χ3n) is 4.25. The summed E-state index contributed by atoms with van der Waals surface area (Å²) in [5.41, 5.74) is 1.87. The first kappa shape index (κ1) is 21.1. The van der Waals surface area contributed by atoms with Gasteiger partial charge in [-0.25, -0.2) is 0 Å². The minimum absolute atomic E-state index is 0.166. The summed E-state index contributed by atoms with van der Waals surface area (Å²) in [4.78, 5) is 32.3. The van der Waals surface area contributed by atoms with Crippen LogP contribution in [0, 0.1) is 5.92 Å². The fraction of sp³-hybridized carbons (Fsp3) is 0.348. The first-order valence-electron chi connectivity index (χ1n) is 9.77. The first-order valence-corrected chi connectivity index (χ1v) is 10.6. The second-order valence-electron chi connectivity index (χ2n) is 7.62. The van der Waals surface area contributed by atoms with Gasteiger partial charge in [0.25, 0.3) is 11.8 Å². The Bertz CT molecular complexity index is 905. The Kier molecular flexibility index (Phi) is 6.75. The lowest BCUT2D eigenvalue weighted by Crippen LogP contribution is -2.31. The molecular weight excluding hydrogens is 384 g/mol. The standard InChI is InChI=1S/C23H26N2O3S/c1-15(2)14-28-19-10-8-17(9-11-19)20-21(29-16(3)4)23(27)25(22(20)26)13-18-7-5-6-12-24-18/h5-12,15-16H,13-14H2,1-4H3. The molecular formula is C23H26N2O3S. The number of ether oxygens (including phenoxy) is 1. The van der Waals surface area contributed by atoms with Crippen LogP contribution in [0.3, 0.4) is 0 Å². The molecule has 29 heavy (non-hydrogen) atoms. The van der Waals surface area contributed by atoms with Crippen molar-refractivity contribution in [2.24, 2.45) is 5.92 Å². The molecule has 0 spiro atoms. The van der Waals surface area contributed by atoms with Crippen LogP contribution < -0.4 is 4.74 Å². The van der Waals surface area contributed by atoms with Gasteiger partial charge >= 0.3 is 0 Å². The highest BCUT2D eigenvalue weighted by molar-refractivity contribution is 8.04. The van der Waals surface area contributed by atoms with Crippen LogP contribution in [0.15, 0.2) is 53.6 Å². The molecule has 1 aromatic carbocycles. The van der Waals surface area contributed by atoms with Crippen LogP contribution in [0.25, 0.3) is 5.57 Å². The Labute approximate surface area is 176 Å². The molecule has 1 aliphatic heterocycles. The van der Waals surface area contributed by atoms with E-state index in [0.717, 1.165) is 11.3 Å². The Hall–Kier alpha value is -2.60. The maximum Gasteiger partial charge on any atom is 0.268 e. The molecule has 0 N–H and O–H groups in total. The Morgan fingerprint density at radius 2 is 1.72 bits per heavy atom. The lowest BCUT2D eigenvalue weighted by Gasteiger charge is -2.14. The summed E-state index contributed by atoms with van der Waals surface area (Å²) >= 11 is 1.43. The summed E-state index contributed by atoms with van der Waals surface area (Å²) < 4.78 is 5.73. The molecule has 2 amide bonds. The van der Waals surface area contributed by atoms with Gasteiger partial charge in [-0.2, -0.15) is 0 Å². The number of pyridine rings is 1. The summed E-state index contributed by atoms with van der Waals surface area (Å²) in [6.45, 7) is 9.00. The van der Waals surface area contributed by atoms with Crippen LogP contribution in [0.1, 0.15) is 39.0 Å². The molecule has 0 saturated carbocycles. The second kappa shape index (κ2) is 9.27. The van der Waals surface area contributed by atoms with Crippen molar-refractivity contribution in [2.75, 3.05) is 6.61 Å². The zero-order chi connectivity index (χ0) is 21.0. The zero-order valence-corrected chi connectivity index (χ0v) is 18.0. The predicted octanol–water partition coefficient (Wildman–Crippen LogP) is 4.54. The van der Waals surface area contributed by atoms with E-state index in [1.54, 1.807) is 6.20 Å². The smallest absolute Gasteiger partial charge is 0.268 e. The highest BCUT2D eigenvalue weighted by Gasteiger charge is 2.39. The number of hydrogen-bond donors (Lipinski definition) is 0. The van der Waals surface area contributed by atoms with Gasteiger partial charge in [-0.3, -0.25) is 19.5 Å². The van der Waals surface area contributed by atoms with Gasteiger partial charge in [0.15, 0.2) is 0 Å². The van der Waals surface area contributed by atoms with Gasteiger partial charge in [-0.05, 0) is 35.7 Å². The van der Waals surface area contributed by atoms with E-state index in [1.165, 1.54) is 16.7 Å². The van der Waals surface area contributed by atoms with Gasteiger partial charge in [-0.1, -0.05) is 45.9 Å². The summed E-state index contributed by atoms with van der Waals surface area (Å²) in [7, 11) is 0. The molecule has 1 aliphatic rings. The fourth-order valence-corrected chi connectivity index (χ4v) is 3.94. The van der Waals surface area contributed by atoms with Crippen molar-refractivity contribution in [3.63, 3.8) is 0 Å². The van der Waals surface area contributed by atoms with Crippen molar-refractivity contribution >= 4 is 29.1 Å². The van der Waals surface area contributed by atoms with Gasteiger partial charge in [0, 0.05) is 11.4 Å². The second-order valence-corrected chi connectivity index (χ2v) is 9.20. The normalized spacial score (nSPS) is 14.5. The average Bonchev–Trinajstić information content (AvgIpc) is 2.91. The Balaban J connectivity index is 1.89. The number of carbonyl (C=O) groups excluding carboxylic acids is 2. The topological polar surface area (TPSA) is 59.5 Å². The van der Waals surface area contributed by atoms with Gasteiger partial charge in [-0.15, -0.1) is 11.8 Å². The highest BCUT2D eigenvalue weighted by atomic mass is 32.2. The molecule has 5 nitrogen and oxygen atoms in total. The van der Waals surface area contributed by atoms with Crippen LogP contribution in [0.2, 0.25) is 0 Å². The number of benzene rings is 1. The van der Waals surface area contributed by atoms with Gasteiger partial charge < -0.3 is 4.74 Å². The third kappa shape index (κ3) is 5.07. The summed E-state index contributed by atoms with van der Waals surface area (Å²) in [6, 6.07) is 12.9. The quantitative estimate of drug-likeness (QED) is 0.598. The average molecular weight is 411 g/mol. The summed E-state index contributed by atoms with van der Waals surface area (Å²) in [5.74, 6) is 0.651. The molecule has 0 radical (unpaired) electrons. The van der Waals surface area contributed by atoms with E-state index < -0.39 is 0 Å². The van der Waals surface area contributed by atoms with Crippen molar-refractivity contribution < 1.29 is 14.3 Å². The molecule has 2 heterocycles. The minimum atomic E-state index is -0.278. The van der Waals surface area contributed by atoms with Crippen molar-refractivity contribution in [3.05, 3.63) is 64.8 Å². The third-order valence-corrected chi connectivity index (χ3v) is 5.34. The number of rotatable bonds is 8. The molecule has 0 bridgehead atoms. The number of nitrogens with zero attached hydrogens (tertiary/aromatic N) is 2. The number of thioether (sulfide) groups is 1. The molecule has 2 aromatic rings. The van der Waals surface area contributed by atoms with E-state index in [4.69, 9.17) is 4.74 Å². The van der Waals surface area contributed by atoms with Crippen LogP contribution in [-0.2, 0) is 16.1 Å². The molecule has 0 saturated heterocycles. The van der Waals surface area contributed by atoms with Crippen molar-refractivity contribution in [1.29, 1.82) is 0 Å². The van der Waals surface area contributed by atoms with E-state index in [0.29, 0.717) is 28.7 Å². The van der Waals surface area contributed by atoms with E-state index >= 15 is 0 Å². The van der Waals surface area contributed by atoms with Gasteiger partial charge in [0.05, 0.1) is 29.3 Å². The highest BCUT2D eigenvalue weighted by Crippen LogP contribution is 2.38. The summed E-state index contributed by atoms with van der Waals surface area (Å²) in [5, 5.41) is 0.181. The minimum Gasteiger partial charge on any atom is -0.493 e. The van der Waals surface area contributed by atoms with Crippen molar-refractivity contribution in [3.8, 4) is 5.75 Å². The Morgan fingerprint density at radius 1 is 1.00 bits per heavy atom. The maximum atomic E-state index is 13.2. The molecule has 0 aliphatic carbocycles. The zero-order valence-electron chi connectivity index (χ0n) is 17.2. The lowest BCUT2D eigenvalue weighted by atomic mass is 10.1. The van der Waals surface area contributed by atoms with E-state index in [-0.39, 0.29) is 23.6 Å². The van der Waals surface area contributed by atoms with Crippen molar-refractivity contribution in [1.82, 2.24) is 9.88 Å². The monoisotopic (exact) mass is 410 g/mol. The Morgan fingerprint density at radius 3 is 2.31 bits per heavy atom. The van der Waals surface area contributed by atoms with Crippen molar-refractivity contribution in [2.45, 2.75) is 39.5 Å². The van der Waals surface area contributed by atoms with E-state index in [1.807, 2.05) is 56.3 Å². The molecule has 0 unspecified atom stereocenters. The van der Waals surface area contributed by atoms with Crippen LogP contribution in [-0.4, -0.2) is 33.6 Å². The number of imide groups is 1. The van der Waals surface area contributed by atoms with Gasteiger partial charge in [0.1, 0.15) is 5.75 Å². The number of carbonyl (C=O) groups is 2. The van der Waals surface area contributed by atoms with Crippen LogP contribution in [0.5, 0.6) is 5.75 Å².